The van der Waals surface area contributed by atoms with Crippen LogP contribution in [0.5, 0.6) is 5.75 Å². The molecule has 1 aliphatic rings. The second-order valence-electron chi connectivity index (χ2n) is 4.73. The number of sulfonamides is 1. The molecule has 0 saturated carbocycles. The van der Waals surface area contributed by atoms with Gasteiger partial charge in [0.2, 0.25) is 15.9 Å². The Bertz CT molecular complexity index is 600. The maximum atomic E-state index is 12.5. The number of hydrogen-bond acceptors (Lipinski definition) is 4. The van der Waals surface area contributed by atoms with Gasteiger partial charge in [0.05, 0.1) is 0 Å². The van der Waals surface area contributed by atoms with Gasteiger partial charge < -0.3 is 10.0 Å². The number of hydrogen-bond donors (Lipinski definition) is 1. The van der Waals surface area contributed by atoms with Crippen LogP contribution in [0, 0.1) is 0 Å². The molecule has 1 saturated heterocycles. The fourth-order valence-corrected chi connectivity index (χ4v) is 3.82. The Morgan fingerprint density at radius 3 is 2.50 bits per heavy atom. The Hall–Kier alpha value is -1.60. The van der Waals surface area contributed by atoms with E-state index in [4.69, 9.17) is 0 Å². The molecule has 0 aromatic heterocycles. The lowest BCUT2D eigenvalue weighted by molar-refractivity contribution is -0.128. The van der Waals surface area contributed by atoms with Gasteiger partial charge in [0.15, 0.2) is 0 Å². The van der Waals surface area contributed by atoms with E-state index in [9.17, 15) is 18.3 Å². The van der Waals surface area contributed by atoms with Crippen LogP contribution >= 0.6 is 0 Å². The molecule has 0 aliphatic carbocycles. The second-order valence-corrected chi connectivity index (χ2v) is 6.64. The third-order valence-corrected chi connectivity index (χ3v) is 5.33. The number of phenols is 1. The summed E-state index contributed by atoms with van der Waals surface area (Å²) in [7, 11) is -3.72. The van der Waals surface area contributed by atoms with E-state index < -0.39 is 10.0 Å². The average Bonchev–Trinajstić information content (AvgIpc) is 2.65. The minimum Gasteiger partial charge on any atom is -0.507 e. The van der Waals surface area contributed by atoms with E-state index in [0.29, 0.717) is 26.1 Å². The first-order valence-electron chi connectivity index (χ1n) is 6.46. The van der Waals surface area contributed by atoms with Gasteiger partial charge in [0, 0.05) is 33.1 Å². The van der Waals surface area contributed by atoms with E-state index in [1.807, 2.05) is 0 Å². The fourth-order valence-electron chi connectivity index (χ4n) is 2.26. The smallest absolute Gasteiger partial charge is 0.246 e. The normalized spacial score (nSPS) is 17.8. The lowest BCUT2D eigenvalue weighted by Gasteiger charge is -2.21. The molecular formula is C13H18N2O4S. The molecule has 1 aromatic rings. The molecule has 110 valence electrons. The van der Waals surface area contributed by atoms with Crippen molar-refractivity contribution in [2.24, 2.45) is 0 Å². The van der Waals surface area contributed by atoms with E-state index in [1.165, 1.54) is 23.4 Å². The molecule has 1 fully saturated rings. The summed E-state index contributed by atoms with van der Waals surface area (Å²) in [6.45, 7) is 3.01. The van der Waals surface area contributed by atoms with Crippen molar-refractivity contribution >= 4 is 15.9 Å². The van der Waals surface area contributed by atoms with Gasteiger partial charge in [-0.25, -0.2) is 8.42 Å². The number of amides is 1. The molecule has 1 heterocycles. The highest BCUT2D eigenvalue weighted by atomic mass is 32.2. The minimum absolute atomic E-state index is 0.0493. The highest BCUT2D eigenvalue weighted by molar-refractivity contribution is 7.89. The predicted molar refractivity (Wildman–Crippen MR) is 73.7 cm³/mol. The Labute approximate surface area is 118 Å². The van der Waals surface area contributed by atoms with Crippen LogP contribution in [-0.4, -0.2) is 54.8 Å². The number of benzene rings is 1. The summed E-state index contributed by atoms with van der Waals surface area (Å²) in [5.74, 6) is -0.299. The topological polar surface area (TPSA) is 77.9 Å². The first kappa shape index (κ1) is 14.8. The average molecular weight is 298 g/mol. The lowest BCUT2D eigenvalue weighted by Crippen LogP contribution is -2.36. The maximum absolute atomic E-state index is 12.5. The molecule has 7 heteroatoms. The molecule has 0 spiro atoms. The molecule has 1 amide bonds. The summed E-state index contributed by atoms with van der Waals surface area (Å²) in [4.78, 5) is 12.9. The number of carbonyl (C=O) groups excluding carboxylic acids is 1. The number of nitrogens with zero attached hydrogens (tertiary/aromatic N) is 2. The quantitative estimate of drug-likeness (QED) is 0.869. The molecule has 1 N–H and O–H groups in total. The summed E-state index contributed by atoms with van der Waals surface area (Å²) in [5.41, 5.74) is 0. The molecule has 20 heavy (non-hydrogen) atoms. The fraction of sp³-hybridized carbons (Fsp3) is 0.462. The summed E-state index contributed by atoms with van der Waals surface area (Å²) in [6, 6.07) is 5.89. The standard InChI is InChI=1S/C13H18N2O4S/c1-11(16)14-7-4-8-15(10-9-14)20(18,19)13-6-3-2-5-12(13)17/h2-3,5-6,17H,4,7-10H2,1H3. The van der Waals surface area contributed by atoms with Crippen LogP contribution in [0.1, 0.15) is 13.3 Å². The SMILES string of the molecule is CC(=O)N1CCCN(S(=O)(=O)c2ccccc2O)CC1. The van der Waals surface area contributed by atoms with Gasteiger partial charge in [-0.3, -0.25) is 4.79 Å². The van der Waals surface area contributed by atoms with Crippen molar-refractivity contribution in [3.63, 3.8) is 0 Å². The van der Waals surface area contributed by atoms with Gasteiger partial charge >= 0.3 is 0 Å². The van der Waals surface area contributed by atoms with E-state index in [-0.39, 0.29) is 23.1 Å². The van der Waals surface area contributed by atoms with Crippen LogP contribution in [0.25, 0.3) is 0 Å². The number of para-hydroxylation sites is 1. The van der Waals surface area contributed by atoms with Gasteiger partial charge in [0.1, 0.15) is 10.6 Å². The van der Waals surface area contributed by atoms with E-state index in [2.05, 4.69) is 0 Å². The van der Waals surface area contributed by atoms with Crippen molar-refractivity contribution in [3.05, 3.63) is 24.3 Å². The van der Waals surface area contributed by atoms with E-state index in [0.717, 1.165) is 0 Å². The van der Waals surface area contributed by atoms with Crippen LogP contribution in [0.3, 0.4) is 0 Å². The van der Waals surface area contributed by atoms with Crippen LogP contribution in [0.15, 0.2) is 29.2 Å². The molecule has 1 aliphatic heterocycles. The van der Waals surface area contributed by atoms with E-state index >= 15 is 0 Å². The van der Waals surface area contributed by atoms with E-state index in [1.54, 1.807) is 17.0 Å². The van der Waals surface area contributed by atoms with Gasteiger partial charge in [-0.1, -0.05) is 12.1 Å². The molecule has 1 aromatic carbocycles. The number of carbonyl (C=O) groups is 1. The van der Waals surface area contributed by atoms with Crippen LogP contribution in [0.4, 0.5) is 0 Å². The summed E-state index contributed by atoms with van der Waals surface area (Å²) < 4.78 is 26.3. The van der Waals surface area contributed by atoms with Crippen molar-refractivity contribution in [2.75, 3.05) is 26.2 Å². The number of rotatable bonds is 2. The third kappa shape index (κ3) is 2.94. The highest BCUT2D eigenvalue weighted by Crippen LogP contribution is 2.25. The zero-order valence-electron chi connectivity index (χ0n) is 11.3. The number of aromatic hydroxyl groups is 1. The molecule has 6 nitrogen and oxygen atoms in total. The Kier molecular flexibility index (Phi) is 4.29. The molecule has 0 bridgehead atoms. The molecule has 0 unspecified atom stereocenters. The maximum Gasteiger partial charge on any atom is 0.246 e. The highest BCUT2D eigenvalue weighted by Gasteiger charge is 2.29. The first-order valence-corrected chi connectivity index (χ1v) is 7.90. The second kappa shape index (κ2) is 5.80. The lowest BCUT2D eigenvalue weighted by atomic mass is 10.3. The van der Waals surface area contributed by atoms with Crippen LogP contribution in [-0.2, 0) is 14.8 Å². The third-order valence-electron chi connectivity index (χ3n) is 3.38. The molecule has 0 atom stereocenters. The molecular weight excluding hydrogens is 280 g/mol. The zero-order chi connectivity index (χ0) is 14.8. The van der Waals surface area contributed by atoms with Crippen LogP contribution in [0.2, 0.25) is 0 Å². The van der Waals surface area contributed by atoms with Crippen molar-refractivity contribution in [2.45, 2.75) is 18.2 Å². The van der Waals surface area contributed by atoms with Crippen LogP contribution < -0.4 is 0 Å². The Morgan fingerprint density at radius 2 is 1.85 bits per heavy atom. The van der Waals surface area contributed by atoms with Crippen molar-refractivity contribution in [3.8, 4) is 5.75 Å². The number of phenolic OH excluding ortho intramolecular Hbond substituents is 1. The summed E-state index contributed by atoms with van der Waals surface area (Å²) in [6.07, 6.45) is 0.590. The van der Waals surface area contributed by atoms with Crippen molar-refractivity contribution in [1.29, 1.82) is 0 Å². The van der Waals surface area contributed by atoms with Crippen molar-refractivity contribution < 1.29 is 18.3 Å². The minimum atomic E-state index is -3.72. The van der Waals surface area contributed by atoms with Crippen molar-refractivity contribution in [1.82, 2.24) is 9.21 Å². The zero-order valence-corrected chi connectivity index (χ0v) is 12.1. The monoisotopic (exact) mass is 298 g/mol. The summed E-state index contributed by atoms with van der Waals surface area (Å²) >= 11 is 0. The summed E-state index contributed by atoms with van der Waals surface area (Å²) in [5, 5.41) is 9.72. The largest absolute Gasteiger partial charge is 0.507 e. The van der Waals surface area contributed by atoms with Gasteiger partial charge in [-0.15, -0.1) is 0 Å². The Morgan fingerprint density at radius 1 is 1.15 bits per heavy atom. The molecule has 2 rings (SSSR count). The van der Waals surface area contributed by atoms with Gasteiger partial charge in [-0.05, 0) is 18.6 Å². The first-order chi connectivity index (χ1) is 9.43. The van der Waals surface area contributed by atoms with Gasteiger partial charge in [-0.2, -0.15) is 4.31 Å². The predicted octanol–water partition coefficient (Wildman–Crippen LogP) is 0.635. The Balaban J connectivity index is 2.23. The van der Waals surface area contributed by atoms with Gasteiger partial charge in [0.25, 0.3) is 0 Å². The molecule has 0 radical (unpaired) electrons.